The lowest BCUT2D eigenvalue weighted by Crippen LogP contribution is -2.27. The molecule has 118 valence electrons. The molecule has 0 amide bonds. The first-order chi connectivity index (χ1) is 10.2. The second kappa shape index (κ2) is 6.50. The molecular weight excluding hydrogens is 355 g/mol. The van der Waals surface area contributed by atoms with E-state index in [1.165, 1.54) is 31.3 Å². The molecule has 0 heterocycles. The Kier molecular flexibility index (Phi) is 5.07. The van der Waals surface area contributed by atoms with Crippen molar-refractivity contribution < 1.29 is 17.2 Å². The minimum absolute atomic E-state index is 0.0182. The first-order valence-corrected chi connectivity index (χ1v) is 8.27. The van der Waals surface area contributed by atoms with Gasteiger partial charge in [-0.2, -0.15) is 4.31 Å². The Morgan fingerprint density at radius 2 is 1.77 bits per heavy atom. The van der Waals surface area contributed by atoms with Crippen LogP contribution in [-0.2, 0) is 16.6 Å². The van der Waals surface area contributed by atoms with Crippen LogP contribution < -0.4 is 0 Å². The lowest BCUT2D eigenvalue weighted by atomic mass is 10.2. The Morgan fingerprint density at radius 3 is 2.36 bits per heavy atom. The predicted molar refractivity (Wildman–Crippen MR) is 81.5 cm³/mol. The van der Waals surface area contributed by atoms with Crippen molar-refractivity contribution in [1.29, 1.82) is 0 Å². The quantitative estimate of drug-likeness (QED) is 0.817. The van der Waals surface area contributed by atoms with Gasteiger partial charge in [-0.25, -0.2) is 17.2 Å². The molecule has 0 radical (unpaired) electrons. The first kappa shape index (κ1) is 17.1. The van der Waals surface area contributed by atoms with Gasteiger partial charge in [-0.1, -0.05) is 29.3 Å². The van der Waals surface area contributed by atoms with E-state index in [1.54, 1.807) is 0 Å². The van der Waals surface area contributed by atoms with Gasteiger partial charge in [-0.15, -0.1) is 0 Å². The standard InChI is InChI=1S/C14H11Cl2F2NO2S/c1-19(8-10-11(16)3-2-4-12(10)17)22(20,21)14-6-5-9(15)7-13(14)18/h2-7H,8H2,1H3. The molecule has 0 aromatic heterocycles. The number of hydrogen-bond acceptors (Lipinski definition) is 2. The lowest BCUT2D eigenvalue weighted by molar-refractivity contribution is 0.451. The average Bonchev–Trinajstić information content (AvgIpc) is 2.42. The summed E-state index contributed by atoms with van der Waals surface area (Å²) < 4.78 is 53.1. The smallest absolute Gasteiger partial charge is 0.207 e. The summed E-state index contributed by atoms with van der Waals surface area (Å²) in [6.45, 7) is -0.324. The molecule has 0 unspecified atom stereocenters. The number of hydrogen-bond donors (Lipinski definition) is 0. The van der Waals surface area contributed by atoms with Gasteiger partial charge < -0.3 is 0 Å². The van der Waals surface area contributed by atoms with Crippen LogP contribution in [0.4, 0.5) is 8.78 Å². The minimum Gasteiger partial charge on any atom is -0.207 e. The molecule has 0 saturated heterocycles. The van der Waals surface area contributed by atoms with Crippen molar-refractivity contribution in [3.63, 3.8) is 0 Å². The molecule has 0 atom stereocenters. The van der Waals surface area contributed by atoms with Crippen LogP contribution in [-0.4, -0.2) is 19.8 Å². The Labute approximate surface area is 137 Å². The highest BCUT2D eigenvalue weighted by Gasteiger charge is 2.26. The van der Waals surface area contributed by atoms with Crippen LogP contribution in [0.25, 0.3) is 0 Å². The number of benzene rings is 2. The van der Waals surface area contributed by atoms with Crippen molar-refractivity contribution >= 4 is 33.2 Å². The first-order valence-electron chi connectivity index (χ1n) is 6.08. The maximum atomic E-state index is 13.8. The van der Waals surface area contributed by atoms with Gasteiger partial charge in [0, 0.05) is 29.2 Å². The fraction of sp³-hybridized carbons (Fsp3) is 0.143. The minimum atomic E-state index is -4.14. The summed E-state index contributed by atoms with van der Waals surface area (Å²) in [7, 11) is -2.93. The van der Waals surface area contributed by atoms with Crippen LogP contribution in [0.3, 0.4) is 0 Å². The molecule has 2 rings (SSSR count). The number of rotatable bonds is 4. The van der Waals surface area contributed by atoms with Crippen molar-refractivity contribution in [3.05, 3.63) is 63.6 Å². The zero-order valence-electron chi connectivity index (χ0n) is 11.4. The van der Waals surface area contributed by atoms with Crippen molar-refractivity contribution in [2.45, 2.75) is 11.4 Å². The number of nitrogens with zero attached hydrogens (tertiary/aromatic N) is 1. The van der Waals surface area contributed by atoms with Gasteiger partial charge in [0.25, 0.3) is 0 Å². The van der Waals surface area contributed by atoms with Crippen LogP contribution in [0.2, 0.25) is 10.0 Å². The third kappa shape index (κ3) is 3.41. The molecular formula is C14H11Cl2F2NO2S. The third-order valence-electron chi connectivity index (χ3n) is 3.02. The Bertz CT molecular complexity index is 792. The molecule has 2 aromatic carbocycles. The molecule has 0 bridgehead atoms. The zero-order valence-corrected chi connectivity index (χ0v) is 13.7. The summed E-state index contributed by atoms with van der Waals surface area (Å²) in [5.41, 5.74) is 0.0182. The van der Waals surface area contributed by atoms with E-state index in [1.807, 2.05) is 0 Å². The topological polar surface area (TPSA) is 37.4 Å². The molecule has 0 aliphatic rings. The fourth-order valence-corrected chi connectivity index (χ4v) is 3.41. The molecule has 0 aliphatic heterocycles. The van der Waals surface area contributed by atoms with E-state index in [-0.39, 0.29) is 22.2 Å². The maximum absolute atomic E-state index is 13.8. The van der Waals surface area contributed by atoms with Gasteiger partial charge in [0.05, 0.1) is 0 Å². The van der Waals surface area contributed by atoms with E-state index in [9.17, 15) is 17.2 Å². The van der Waals surface area contributed by atoms with E-state index in [0.29, 0.717) is 0 Å². The van der Waals surface area contributed by atoms with E-state index in [4.69, 9.17) is 23.2 Å². The van der Waals surface area contributed by atoms with Crippen LogP contribution in [0.1, 0.15) is 5.56 Å². The SMILES string of the molecule is CN(Cc1c(F)cccc1Cl)S(=O)(=O)c1ccc(Cl)cc1F. The average molecular weight is 366 g/mol. The van der Waals surface area contributed by atoms with Gasteiger partial charge in [0.2, 0.25) is 10.0 Å². The van der Waals surface area contributed by atoms with Crippen molar-refractivity contribution in [2.24, 2.45) is 0 Å². The summed E-state index contributed by atoms with van der Waals surface area (Å²) >= 11 is 11.5. The number of halogens is 4. The highest BCUT2D eigenvalue weighted by atomic mass is 35.5. The normalized spacial score (nSPS) is 11.9. The summed E-state index contributed by atoms with van der Waals surface area (Å²) in [6, 6.07) is 7.26. The highest BCUT2D eigenvalue weighted by molar-refractivity contribution is 7.89. The third-order valence-corrected chi connectivity index (χ3v) is 5.45. The van der Waals surface area contributed by atoms with E-state index >= 15 is 0 Å². The number of sulfonamides is 1. The predicted octanol–water partition coefficient (Wildman–Crippen LogP) is 4.09. The molecule has 0 spiro atoms. The van der Waals surface area contributed by atoms with Crippen molar-refractivity contribution in [2.75, 3.05) is 7.05 Å². The van der Waals surface area contributed by atoms with E-state index in [2.05, 4.69) is 0 Å². The second-order valence-corrected chi connectivity index (χ2v) is 7.39. The molecule has 0 aliphatic carbocycles. The van der Waals surface area contributed by atoms with Gasteiger partial charge in [0.15, 0.2) is 0 Å². The molecule has 0 fully saturated rings. The molecule has 22 heavy (non-hydrogen) atoms. The van der Waals surface area contributed by atoms with Crippen molar-refractivity contribution in [3.8, 4) is 0 Å². The molecule has 8 heteroatoms. The monoisotopic (exact) mass is 365 g/mol. The molecule has 0 saturated carbocycles. The Hall–Kier alpha value is -1.21. The van der Waals surface area contributed by atoms with E-state index in [0.717, 1.165) is 16.4 Å². The molecule has 0 N–H and O–H groups in total. The van der Waals surface area contributed by atoms with Crippen LogP contribution in [0, 0.1) is 11.6 Å². The second-order valence-electron chi connectivity index (χ2n) is 4.54. The summed E-state index contributed by atoms with van der Waals surface area (Å²) in [5, 5.41) is 0.176. The summed E-state index contributed by atoms with van der Waals surface area (Å²) in [4.78, 5) is -0.535. The van der Waals surface area contributed by atoms with Crippen LogP contribution in [0.5, 0.6) is 0 Å². The fourth-order valence-electron chi connectivity index (χ4n) is 1.84. The Morgan fingerprint density at radius 1 is 1.09 bits per heavy atom. The zero-order chi connectivity index (χ0) is 16.5. The molecule has 2 aromatic rings. The summed E-state index contributed by atoms with van der Waals surface area (Å²) in [5.74, 6) is -1.61. The lowest BCUT2D eigenvalue weighted by Gasteiger charge is -2.18. The van der Waals surface area contributed by atoms with Crippen LogP contribution in [0.15, 0.2) is 41.3 Å². The van der Waals surface area contributed by atoms with Gasteiger partial charge >= 0.3 is 0 Å². The largest absolute Gasteiger partial charge is 0.246 e. The Balaban J connectivity index is 2.37. The van der Waals surface area contributed by atoms with Gasteiger partial charge in [-0.05, 0) is 30.3 Å². The van der Waals surface area contributed by atoms with Crippen molar-refractivity contribution in [1.82, 2.24) is 4.31 Å². The summed E-state index contributed by atoms with van der Waals surface area (Å²) in [6.07, 6.45) is 0. The highest BCUT2D eigenvalue weighted by Crippen LogP contribution is 2.25. The van der Waals surface area contributed by atoms with E-state index < -0.39 is 26.6 Å². The van der Waals surface area contributed by atoms with Crippen LogP contribution >= 0.6 is 23.2 Å². The van der Waals surface area contributed by atoms with Gasteiger partial charge in [-0.3, -0.25) is 0 Å². The van der Waals surface area contributed by atoms with Gasteiger partial charge in [0.1, 0.15) is 16.5 Å². The molecule has 3 nitrogen and oxygen atoms in total. The maximum Gasteiger partial charge on any atom is 0.246 e.